The van der Waals surface area contributed by atoms with Gasteiger partial charge in [0.25, 0.3) is 5.56 Å². The maximum absolute atomic E-state index is 13.1. The lowest BCUT2D eigenvalue weighted by molar-refractivity contribution is 0.571. The number of nitrogens with zero attached hydrogens (tertiary/aromatic N) is 3. The van der Waals surface area contributed by atoms with Crippen LogP contribution in [0.15, 0.2) is 62.3 Å². The number of pyridine rings is 1. The molecule has 132 valence electrons. The molecule has 0 N–H and O–H groups in total. The second-order valence-electron chi connectivity index (χ2n) is 5.85. The fourth-order valence-corrected chi connectivity index (χ4v) is 4.12. The zero-order valence-corrected chi connectivity index (χ0v) is 15.9. The lowest BCUT2D eigenvalue weighted by Crippen LogP contribution is -2.22. The van der Waals surface area contributed by atoms with Gasteiger partial charge in [-0.3, -0.25) is 4.79 Å². The highest BCUT2D eigenvalue weighted by molar-refractivity contribution is 9.10. The van der Waals surface area contributed by atoms with Crippen LogP contribution in [0.2, 0.25) is 0 Å². The molecule has 0 amide bonds. The van der Waals surface area contributed by atoms with Crippen molar-refractivity contribution in [3.05, 3.63) is 79.6 Å². The van der Waals surface area contributed by atoms with Crippen molar-refractivity contribution in [1.82, 2.24) is 14.4 Å². The minimum atomic E-state index is -0.303. The van der Waals surface area contributed by atoms with Gasteiger partial charge < -0.3 is 4.42 Å². The molecule has 0 atom stereocenters. The van der Waals surface area contributed by atoms with Crippen LogP contribution in [0.25, 0.3) is 33.5 Å². The van der Waals surface area contributed by atoms with E-state index in [1.807, 2.05) is 6.07 Å². The number of fused-ring (bicyclic) bond motifs is 3. The van der Waals surface area contributed by atoms with Crippen molar-refractivity contribution >= 4 is 49.5 Å². The Morgan fingerprint density at radius 3 is 2.81 bits per heavy atom. The van der Waals surface area contributed by atoms with E-state index in [2.05, 4.69) is 25.9 Å². The molecule has 5 nitrogen and oxygen atoms in total. The van der Waals surface area contributed by atoms with Gasteiger partial charge in [-0.15, -0.1) is 0 Å². The van der Waals surface area contributed by atoms with Crippen LogP contribution in [-0.2, 0) is 0 Å². The average Bonchev–Trinajstić information content (AvgIpc) is 3.32. The Morgan fingerprint density at radius 2 is 2.00 bits per heavy atom. The fraction of sp³-hybridized carbons (Fsp3) is 0. The standard InChI is InChI=1S/C19H9BrFN3O2S/c20-11-7-14-17(22-9-11)24-18(25)16(27-19(24)23-14)8-13-5-6-15(26-13)10-1-3-12(21)4-2-10/h1-9H/b16-8-. The van der Waals surface area contributed by atoms with Gasteiger partial charge in [-0.05, 0) is 58.4 Å². The van der Waals surface area contributed by atoms with Crippen molar-refractivity contribution in [2.75, 3.05) is 0 Å². The summed E-state index contributed by atoms with van der Waals surface area (Å²) in [6.07, 6.45) is 3.32. The van der Waals surface area contributed by atoms with E-state index in [0.29, 0.717) is 32.2 Å². The summed E-state index contributed by atoms with van der Waals surface area (Å²) in [5.74, 6) is 0.839. The maximum atomic E-state index is 13.1. The van der Waals surface area contributed by atoms with Gasteiger partial charge in [0.15, 0.2) is 10.6 Å². The molecule has 27 heavy (non-hydrogen) atoms. The van der Waals surface area contributed by atoms with Crippen molar-refractivity contribution < 1.29 is 8.81 Å². The highest BCUT2D eigenvalue weighted by Crippen LogP contribution is 2.23. The summed E-state index contributed by atoms with van der Waals surface area (Å²) >= 11 is 4.63. The summed E-state index contributed by atoms with van der Waals surface area (Å²) in [6.45, 7) is 0. The van der Waals surface area contributed by atoms with Crippen molar-refractivity contribution in [3.8, 4) is 11.3 Å². The van der Waals surface area contributed by atoms with E-state index >= 15 is 0 Å². The second-order valence-corrected chi connectivity index (χ2v) is 7.78. The summed E-state index contributed by atoms with van der Waals surface area (Å²) in [5, 5.41) is 0. The number of imidazole rings is 1. The summed E-state index contributed by atoms with van der Waals surface area (Å²) in [5.41, 5.74) is 1.77. The number of furan rings is 1. The Balaban J connectivity index is 1.61. The largest absolute Gasteiger partial charge is 0.457 e. The molecule has 0 bridgehead atoms. The normalized spacial score (nSPS) is 12.4. The molecule has 0 saturated carbocycles. The summed E-state index contributed by atoms with van der Waals surface area (Å²) in [7, 11) is 0. The number of thiazole rings is 1. The number of halogens is 2. The van der Waals surface area contributed by atoms with E-state index < -0.39 is 0 Å². The molecule has 0 radical (unpaired) electrons. The lowest BCUT2D eigenvalue weighted by atomic mass is 10.2. The maximum Gasteiger partial charge on any atom is 0.276 e. The third kappa shape index (κ3) is 2.77. The van der Waals surface area contributed by atoms with Crippen molar-refractivity contribution in [2.24, 2.45) is 0 Å². The molecule has 0 fully saturated rings. The minimum absolute atomic E-state index is 0.188. The zero-order valence-electron chi connectivity index (χ0n) is 13.5. The van der Waals surface area contributed by atoms with Crippen LogP contribution in [0.4, 0.5) is 4.39 Å². The topological polar surface area (TPSA) is 60.4 Å². The molecular weight excluding hydrogens is 433 g/mol. The van der Waals surface area contributed by atoms with Gasteiger partial charge in [0.2, 0.25) is 0 Å². The Labute approximate surface area is 163 Å². The first-order chi connectivity index (χ1) is 13.1. The van der Waals surface area contributed by atoms with Gasteiger partial charge in [-0.25, -0.2) is 18.8 Å². The third-order valence-corrected chi connectivity index (χ3v) is 5.48. The second kappa shape index (κ2) is 6.11. The van der Waals surface area contributed by atoms with Crippen LogP contribution in [0.3, 0.4) is 0 Å². The van der Waals surface area contributed by atoms with Gasteiger partial charge >= 0.3 is 0 Å². The van der Waals surface area contributed by atoms with Crippen molar-refractivity contribution in [1.29, 1.82) is 0 Å². The van der Waals surface area contributed by atoms with Crippen LogP contribution < -0.4 is 10.1 Å². The van der Waals surface area contributed by atoms with Crippen LogP contribution in [0, 0.1) is 5.82 Å². The molecule has 0 aliphatic heterocycles. The van der Waals surface area contributed by atoms with Gasteiger partial charge in [-0.2, -0.15) is 0 Å². The highest BCUT2D eigenvalue weighted by Gasteiger charge is 2.13. The van der Waals surface area contributed by atoms with Crippen LogP contribution in [0.1, 0.15) is 5.76 Å². The minimum Gasteiger partial charge on any atom is -0.457 e. The Bertz CT molecular complexity index is 1420. The quantitative estimate of drug-likeness (QED) is 0.415. The summed E-state index contributed by atoms with van der Waals surface area (Å²) in [6, 6.07) is 11.4. The van der Waals surface area contributed by atoms with E-state index in [1.165, 1.54) is 27.9 Å². The molecule has 0 aliphatic rings. The van der Waals surface area contributed by atoms with Crippen molar-refractivity contribution in [2.45, 2.75) is 0 Å². The molecular formula is C19H9BrFN3O2S. The third-order valence-electron chi connectivity index (χ3n) is 4.08. The van der Waals surface area contributed by atoms with Crippen LogP contribution in [0.5, 0.6) is 0 Å². The molecule has 0 spiro atoms. The number of rotatable bonds is 2. The van der Waals surface area contributed by atoms with Crippen molar-refractivity contribution in [3.63, 3.8) is 0 Å². The zero-order chi connectivity index (χ0) is 18.5. The molecule has 0 saturated heterocycles. The Kier molecular flexibility index (Phi) is 3.70. The number of hydrogen-bond donors (Lipinski definition) is 0. The first kappa shape index (κ1) is 16.3. The monoisotopic (exact) mass is 441 g/mol. The molecule has 4 heterocycles. The predicted molar refractivity (Wildman–Crippen MR) is 105 cm³/mol. The molecule has 4 aromatic heterocycles. The highest BCUT2D eigenvalue weighted by atomic mass is 79.9. The predicted octanol–water partition coefficient (Wildman–Crippen LogP) is 4.01. The average molecular weight is 442 g/mol. The van der Waals surface area contributed by atoms with Gasteiger partial charge in [0.05, 0.1) is 0 Å². The molecule has 0 aliphatic carbocycles. The van der Waals surface area contributed by atoms with Crippen LogP contribution in [-0.4, -0.2) is 14.4 Å². The first-order valence-corrected chi connectivity index (χ1v) is 9.53. The van der Waals surface area contributed by atoms with Gasteiger partial charge in [0.1, 0.15) is 27.4 Å². The number of benzene rings is 1. The van der Waals surface area contributed by atoms with E-state index in [0.717, 1.165) is 10.0 Å². The summed E-state index contributed by atoms with van der Waals surface area (Å²) < 4.78 is 21.7. The molecule has 8 heteroatoms. The van der Waals surface area contributed by atoms with Crippen LogP contribution >= 0.6 is 27.3 Å². The molecule has 0 unspecified atom stereocenters. The van der Waals surface area contributed by atoms with E-state index in [1.54, 1.807) is 36.5 Å². The molecule has 5 aromatic rings. The number of aromatic nitrogens is 3. The molecule has 5 rings (SSSR count). The fourth-order valence-electron chi connectivity index (χ4n) is 2.84. The molecule has 1 aromatic carbocycles. The lowest BCUT2D eigenvalue weighted by Gasteiger charge is -1.95. The van der Waals surface area contributed by atoms with Gasteiger partial charge in [-0.1, -0.05) is 11.3 Å². The Hall–Kier alpha value is -2.84. The summed E-state index contributed by atoms with van der Waals surface area (Å²) in [4.78, 5) is 22.1. The number of hydrogen-bond acceptors (Lipinski definition) is 5. The SMILES string of the molecule is O=c1/c(=C/c2ccc(-c3ccc(F)cc3)o2)sc2nc3cc(Br)cnc3n12. The smallest absolute Gasteiger partial charge is 0.276 e. The first-order valence-electron chi connectivity index (χ1n) is 7.92. The van der Waals surface area contributed by atoms with E-state index in [9.17, 15) is 9.18 Å². The van der Waals surface area contributed by atoms with E-state index in [4.69, 9.17) is 4.42 Å². The van der Waals surface area contributed by atoms with Gasteiger partial charge in [0, 0.05) is 22.3 Å². The Morgan fingerprint density at radius 1 is 1.19 bits per heavy atom. The van der Waals surface area contributed by atoms with E-state index in [-0.39, 0.29) is 11.4 Å².